The first-order chi connectivity index (χ1) is 15.1. The molecule has 0 unspecified atom stereocenters. The number of nitrogens with zero attached hydrogens (tertiary/aromatic N) is 2. The third kappa shape index (κ3) is 5.37. The Morgan fingerprint density at radius 1 is 0.968 bits per heavy atom. The standard InChI is InChI=1S/C25H26ClN3O2/c1-31-23-7-4-6-19(17-23)25(30)27-21-9-11-22(12-10-21)29-15-13-28(14-16-29)18-20-5-2-3-8-24(20)26/h2-12,17H,13-16,18H2,1H3,(H,27,30). The van der Waals surface area contributed by atoms with E-state index in [1.54, 1.807) is 19.2 Å². The lowest BCUT2D eigenvalue weighted by Gasteiger charge is -2.36. The van der Waals surface area contributed by atoms with Crippen LogP contribution in [0.3, 0.4) is 0 Å². The van der Waals surface area contributed by atoms with Gasteiger partial charge in [0.15, 0.2) is 0 Å². The van der Waals surface area contributed by atoms with Gasteiger partial charge in [-0.3, -0.25) is 9.69 Å². The first-order valence-corrected chi connectivity index (χ1v) is 10.8. The van der Waals surface area contributed by atoms with Gasteiger partial charge in [-0.2, -0.15) is 0 Å². The Balaban J connectivity index is 1.31. The summed E-state index contributed by atoms with van der Waals surface area (Å²) in [5, 5.41) is 3.78. The number of halogens is 1. The average Bonchev–Trinajstić information content (AvgIpc) is 2.81. The van der Waals surface area contributed by atoms with E-state index in [0.717, 1.165) is 49.1 Å². The van der Waals surface area contributed by atoms with Gasteiger partial charge in [0.2, 0.25) is 0 Å². The summed E-state index contributed by atoms with van der Waals surface area (Å²) in [7, 11) is 1.59. The predicted molar refractivity (Wildman–Crippen MR) is 126 cm³/mol. The summed E-state index contributed by atoms with van der Waals surface area (Å²) in [4.78, 5) is 17.3. The molecule has 1 heterocycles. The molecule has 1 saturated heterocycles. The van der Waals surface area contributed by atoms with E-state index in [1.807, 2.05) is 42.5 Å². The second-order valence-corrected chi connectivity index (χ2v) is 7.99. The van der Waals surface area contributed by atoms with Crippen molar-refractivity contribution in [2.75, 3.05) is 43.5 Å². The van der Waals surface area contributed by atoms with Crippen LogP contribution in [-0.2, 0) is 6.54 Å². The Morgan fingerprint density at radius 2 is 1.71 bits per heavy atom. The number of hydrogen-bond acceptors (Lipinski definition) is 4. The normalized spacial score (nSPS) is 14.3. The zero-order valence-electron chi connectivity index (χ0n) is 17.6. The third-order valence-electron chi connectivity index (χ3n) is 5.55. The van der Waals surface area contributed by atoms with Crippen molar-refractivity contribution in [1.29, 1.82) is 0 Å². The largest absolute Gasteiger partial charge is 0.497 e. The molecule has 1 amide bonds. The smallest absolute Gasteiger partial charge is 0.255 e. The summed E-state index contributed by atoms with van der Waals surface area (Å²) in [5.41, 5.74) is 3.68. The number of nitrogens with one attached hydrogen (secondary N) is 1. The molecule has 5 nitrogen and oxygen atoms in total. The predicted octanol–water partition coefficient (Wildman–Crippen LogP) is 4.92. The zero-order valence-corrected chi connectivity index (χ0v) is 18.3. The first-order valence-electron chi connectivity index (χ1n) is 10.4. The topological polar surface area (TPSA) is 44.8 Å². The summed E-state index contributed by atoms with van der Waals surface area (Å²) in [5.74, 6) is 0.511. The van der Waals surface area contributed by atoms with Gasteiger partial charge in [-0.15, -0.1) is 0 Å². The lowest BCUT2D eigenvalue weighted by atomic mass is 10.1. The zero-order chi connectivity index (χ0) is 21.6. The molecular formula is C25H26ClN3O2. The molecule has 0 aliphatic carbocycles. The second kappa shape index (κ2) is 9.86. The van der Waals surface area contributed by atoms with Crippen LogP contribution in [0.5, 0.6) is 5.75 Å². The summed E-state index contributed by atoms with van der Waals surface area (Å²) < 4.78 is 5.19. The molecule has 0 spiro atoms. The summed E-state index contributed by atoms with van der Waals surface area (Å²) in [6.45, 7) is 4.77. The van der Waals surface area contributed by atoms with Gasteiger partial charge in [-0.25, -0.2) is 0 Å². The van der Waals surface area contributed by atoms with Crippen LogP contribution in [0.4, 0.5) is 11.4 Å². The van der Waals surface area contributed by atoms with E-state index < -0.39 is 0 Å². The van der Waals surface area contributed by atoms with Crippen molar-refractivity contribution in [2.45, 2.75) is 6.54 Å². The van der Waals surface area contributed by atoms with Crippen LogP contribution in [0.25, 0.3) is 0 Å². The fourth-order valence-corrected chi connectivity index (χ4v) is 3.95. The molecule has 0 radical (unpaired) electrons. The number of ether oxygens (including phenoxy) is 1. The maximum absolute atomic E-state index is 12.5. The molecular weight excluding hydrogens is 410 g/mol. The quantitative estimate of drug-likeness (QED) is 0.596. The van der Waals surface area contributed by atoms with Crippen LogP contribution in [0.15, 0.2) is 72.8 Å². The molecule has 3 aromatic rings. The fourth-order valence-electron chi connectivity index (χ4n) is 3.75. The van der Waals surface area contributed by atoms with Crippen molar-refractivity contribution in [1.82, 2.24) is 4.90 Å². The van der Waals surface area contributed by atoms with E-state index in [0.29, 0.717) is 11.3 Å². The van der Waals surface area contributed by atoms with Gasteiger partial charge in [-0.05, 0) is 54.1 Å². The molecule has 160 valence electrons. The van der Waals surface area contributed by atoms with Gasteiger partial charge in [-0.1, -0.05) is 35.9 Å². The molecule has 31 heavy (non-hydrogen) atoms. The van der Waals surface area contributed by atoms with Crippen LogP contribution in [-0.4, -0.2) is 44.1 Å². The summed E-state index contributed by atoms with van der Waals surface area (Å²) >= 11 is 6.30. The molecule has 3 aromatic carbocycles. The number of amides is 1. The highest BCUT2D eigenvalue weighted by Crippen LogP contribution is 2.22. The van der Waals surface area contributed by atoms with Crippen LogP contribution in [0.2, 0.25) is 5.02 Å². The van der Waals surface area contributed by atoms with E-state index in [9.17, 15) is 4.79 Å². The minimum absolute atomic E-state index is 0.153. The Morgan fingerprint density at radius 3 is 2.42 bits per heavy atom. The van der Waals surface area contributed by atoms with Crippen molar-refractivity contribution in [3.63, 3.8) is 0 Å². The average molecular weight is 436 g/mol. The molecule has 0 bridgehead atoms. The van der Waals surface area contributed by atoms with Gasteiger partial charge in [0.25, 0.3) is 5.91 Å². The monoisotopic (exact) mass is 435 g/mol. The van der Waals surface area contributed by atoms with E-state index in [-0.39, 0.29) is 5.91 Å². The van der Waals surface area contributed by atoms with Crippen molar-refractivity contribution in [3.05, 3.63) is 88.9 Å². The van der Waals surface area contributed by atoms with Crippen LogP contribution in [0, 0.1) is 0 Å². The van der Waals surface area contributed by atoms with Gasteiger partial charge in [0.05, 0.1) is 7.11 Å². The Hall–Kier alpha value is -3.02. The lowest BCUT2D eigenvalue weighted by Crippen LogP contribution is -2.46. The first kappa shape index (κ1) is 21.2. The van der Waals surface area contributed by atoms with Crippen molar-refractivity contribution in [2.24, 2.45) is 0 Å². The lowest BCUT2D eigenvalue weighted by molar-refractivity contribution is 0.102. The molecule has 0 saturated carbocycles. The van der Waals surface area contributed by atoms with Crippen molar-refractivity contribution in [3.8, 4) is 5.75 Å². The van der Waals surface area contributed by atoms with Crippen molar-refractivity contribution < 1.29 is 9.53 Å². The fraction of sp³-hybridized carbons (Fsp3) is 0.240. The number of carbonyl (C=O) groups excluding carboxylic acids is 1. The molecule has 0 atom stereocenters. The van der Waals surface area contributed by atoms with Crippen LogP contribution in [0.1, 0.15) is 15.9 Å². The van der Waals surface area contributed by atoms with E-state index in [1.165, 1.54) is 5.56 Å². The van der Waals surface area contributed by atoms with Crippen molar-refractivity contribution >= 4 is 28.9 Å². The molecule has 0 aromatic heterocycles. The maximum atomic E-state index is 12.5. The van der Waals surface area contributed by atoms with Crippen LogP contribution >= 0.6 is 11.6 Å². The minimum Gasteiger partial charge on any atom is -0.497 e. The molecule has 1 N–H and O–H groups in total. The number of anilines is 2. The molecule has 1 aliphatic heterocycles. The Kier molecular flexibility index (Phi) is 6.75. The maximum Gasteiger partial charge on any atom is 0.255 e. The highest BCUT2D eigenvalue weighted by molar-refractivity contribution is 6.31. The van der Waals surface area contributed by atoms with E-state index in [2.05, 4.69) is 33.3 Å². The van der Waals surface area contributed by atoms with Crippen LogP contribution < -0.4 is 15.0 Å². The second-order valence-electron chi connectivity index (χ2n) is 7.59. The number of rotatable bonds is 6. The molecule has 4 rings (SSSR count). The van der Waals surface area contributed by atoms with Gasteiger partial charge < -0.3 is 15.0 Å². The molecule has 1 aliphatic rings. The SMILES string of the molecule is COc1cccc(C(=O)Nc2ccc(N3CCN(Cc4ccccc4Cl)CC3)cc2)c1. The highest BCUT2D eigenvalue weighted by atomic mass is 35.5. The Labute approximate surface area is 188 Å². The number of methoxy groups -OCH3 is 1. The number of hydrogen-bond donors (Lipinski definition) is 1. The number of piperazine rings is 1. The van der Waals surface area contributed by atoms with Gasteiger partial charge in [0, 0.05) is 54.7 Å². The highest BCUT2D eigenvalue weighted by Gasteiger charge is 2.18. The minimum atomic E-state index is -0.153. The van der Waals surface area contributed by atoms with E-state index >= 15 is 0 Å². The summed E-state index contributed by atoms with van der Waals surface area (Å²) in [6.07, 6.45) is 0. The van der Waals surface area contributed by atoms with Gasteiger partial charge in [0.1, 0.15) is 5.75 Å². The molecule has 1 fully saturated rings. The van der Waals surface area contributed by atoms with E-state index in [4.69, 9.17) is 16.3 Å². The number of carbonyl (C=O) groups is 1. The number of benzene rings is 3. The molecule has 6 heteroatoms. The summed E-state index contributed by atoms with van der Waals surface area (Å²) in [6, 6.07) is 23.2. The Bertz CT molecular complexity index is 1030. The van der Waals surface area contributed by atoms with Gasteiger partial charge >= 0.3 is 0 Å². The third-order valence-corrected chi connectivity index (χ3v) is 5.92.